The smallest absolute Gasteiger partial charge is 0.387 e. The Morgan fingerprint density at radius 3 is 2.77 bits per heavy atom. The summed E-state index contributed by atoms with van der Waals surface area (Å²) in [5, 5.41) is 3.85. The number of aromatic nitrogens is 2. The summed E-state index contributed by atoms with van der Waals surface area (Å²) in [4.78, 5) is 6.38. The quantitative estimate of drug-likeness (QED) is 0.843. The SMILES string of the molecule is FC(F)Oc1ccccc1-c1noc(CN2CCOCC2)n1. The van der Waals surface area contributed by atoms with Gasteiger partial charge in [-0.2, -0.15) is 13.8 Å². The summed E-state index contributed by atoms with van der Waals surface area (Å²) in [6.45, 7) is 0.540. The van der Waals surface area contributed by atoms with E-state index in [1.807, 2.05) is 0 Å². The summed E-state index contributed by atoms with van der Waals surface area (Å²) < 4.78 is 39.8. The first-order chi connectivity index (χ1) is 10.7. The van der Waals surface area contributed by atoms with Crippen LogP contribution in [0.25, 0.3) is 11.4 Å². The van der Waals surface area contributed by atoms with Crippen LogP contribution in [-0.2, 0) is 11.3 Å². The molecule has 118 valence electrons. The second kappa shape index (κ2) is 6.80. The molecule has 2 aromatic rings. The van der Waals surface area contributed by atoms with Crippen LogP contribution in [0, 0.1) is 0 Å². The van der Waals surface area contributed by atoms with Gasteiger partial charge in [-0.15, -0.1) is 0 Å². The van der Waals surface area contributed by atoms with Gasteiger partial charge in [0.05, 0.1) is 25.3 Å². The van der Waals surface area contributed by atoms with Crippen LogP contribution in [0.4, 0.5) is 8.78 Å². The first kappa shape index (κ1) is 14.9. The molecule has 0 saturated carbocycles. The molecule has 0 bridgehead atoms. The van der Waals surface area contributed by atoms with Gasteiger partial charge >= 0.3 is 6.61 Å². The number of hydrogen-bond acceptors (Lipinski definition) is 6. The van der Waals surface area contributed by atoms with Crippen LogP contribution in [0.1, 0.15) is 5.89 Å². The lowest BCUT2D eigenvalue weighted by atomic mass is 10.2. The Morgan fingerprint density at radius 2 is 2.00 bits per heavy atom. The highest BCUT2D eigenvalue weighted by molar-refractivity contribution is 5.63. The number of alkyl halides is 2. The highest BCUT2D eigenvalue weighted by Crippen LogP contribution is 2.28. The van der Waals surface area contributed by atoms with Gasteiger partial charge in [0.2, 0.25) is 11.7 Å². The lowest BCUT2D eigenvalue weighted by Gasteiger charge is -2.24. The van der Waals surface area contributed by atoms with Gasteiger partial charge in [-0.3, -0.25) is 4.90 Å². The number of rotatable bonds is 5. The van der Waals surface area contributed by atoms with E-state index in [1.54, 1.807) is 18.2 Å². The first-order valence-corrected chi connectivity index (χ1v) is 6.89. The zero-order valence-electron chi connectivity index (χ0n) is 11.7. The number of hydrogen-bond donors (Lipinski definition) is 0. The van der Waals surface area contributed by atoms with Crippen LogP contribution in [-0.4, -0.2) is 48.0 Å². The maximum absolute atomic E-state index is 12.4. The van der Waals surface area contributed by atoms with Crippen molar-refractivity contribution < 1.29 is 22.8 Å². The van der Waals surface area contributed by atoms with E-state index in [-0.39, 0.29) is 11.6 Å². The van der Waals surface area contributed by atoms with Crippen molar-refractivity contribution in [3.8, 4) is 17.1 Å². The molecule has 1 aromatic heterocycles. The van der Waals surface area contributed by atoms with Crippen LogP contribution in [0.5, 0.6) is 5.75 Å². The van der Waals surface area contributed by atoms with Crippen molar-refractivity contribution in [2.75, 3.05) is 26.3 Å². The molecular formula is C14H15F2N3O3. The van der Waals surface area contributed by atoms with Crippen molar-refractivity contribution >= 4 is 0 Å². The zero-order chi connectivity index (χ0) is 15.4. The molecule has 0 radical (unpaired) electrons. The number of nitrogens with zero attached hydrogens (tertiary/aromatic N) is 3. The second-order valence-electron chi connectivity index (χ2n) is 4.77. The lowest BCUT2D eigenvalue weighted by Crippen LogP contribution is -2.35. The van der Waals surface area contributed by atoms with Gasteiger partial charge in [-0.1, -0.05) is 17.3 Å². The number of benzene rings is 1. The van der Waals surface area contributed by atoms with E-state index in [4.69, 9.17) is 9.26 Å². The molecule has 1 aromatic carbocycles. The summed E-state index contributed by atoms with van der Waals surface area (Å²) in [6, 6.07) is 6.36. The summed E-state index contributed by atoms with van der Waals surface area (Å²) in [7, 11) is 0. The molecule has 0 amide bonds. The fraction of sp³-hybridized carbons (Fsp3) is 0.429. The summed E-state index contributed by atoms with van der Waals surface area (Å²) in [5.41, 5.74) is 0.375. The van der Waals surface area contributed by atoms with Gasteiger partial charge in [-0.25, -0.2) is 0 Å². The Hall–Kier alpha value is -2.06. The van der Waals surface area contributed by atoms with Gasteiger partial charge in [0.1, 0.15) is 5.75 Å². The van der Waals surface area contributed by atoms with Crippen molar-refractivity contribution in [2.24, 2.45) is 0 Å². The third-order valence-electron chi connectivity index (χ3n) is 3.27. The fourth-order valence-electron chi connectivity index (χ4n) is 2.23. The molecular weight excluding hydrogens is 296 g/mol. The Labute approximate surface area is 125 Å². The van der Waals surface area contributed by atoms with E-state index in [2.05, 4.69) is 19.8 Å². The lowest BCUT2D eigenvalue weighted by molar-refractivity contribution is -0.0494. The molecule has 0 N–H and O–H groups in total. The predicted molar refractivity (Wildman–Crippen MR) is 72.5 cm³/mol. The fourth-order valence-corrected chi connectivity index (χ4v) is 2.23. The van der Waals surface area contributed by atoms with Crippen molar-refractivity contribution in [1.82, 2.24) is 15.0 Å². The molecule has 1 saturated heterocycles. The van der Waals surface area contributed by atoms with Gasteiger partial charge in [-0.05, 0) is 12.1 Å². The molecule has 1 aliphatic rings. The largest absolute Gasteiger partial charge is 0.434 e. The molecule has 2 heterocycles. The molecule has 0 spiro atoms. The summed E-state index contributed by atoms with van der Waals surface area (Å²) >= 11 is 0. The first-order valence-electron chi connectivity index (χ1n) is 6.89. The van der Waals surface area contributed by atoms with E-state index in [9.17, 15) is 8.78 Å². The van der Waals surface area contributed by atoms with E-state index >= 15 is 0 Å². The van der Waals surface area contributed by atoms with Gasteiger partial charge in [0.15, 0.2) is 0 Å². The van der Waals surface area contributed by atoms with Crippen LogP contribution in [0.2, 0.25) is 0 Å². The van der Waals surface area contributed by atoms with Crippen molar-refractivity contribution in [1.29, 1.82) is 0 Å². The minimum absolute atomic E-state index is 0.0243. The summed E-state index contributed by atoms with van der Waals surface area (Å²) in [5.74, 6) is 0.694. The van der Waals surface area contributed by atoms with Crippen LogP contribution in [0.3, 0.4) is 0 Å². The normalized spacial score (nSPS) is 16.1. The highest BCUT2D eigenvalue weighted by atomic mass is 19.3. The van der Waals surface area contributed by atoms with Gasteiger partial charge in [0.25, 0.3) is 0 Å². The third-order valence-corrected chi connectivity index (χ3v) is 3.27. The molecule has 6 nitrogen and oxygen atoms in total. The van der Waals surface area contributed by atoms with Crippen LogP contribution in [0.15, 0.2) is 28.8 Å². The minimum Gasteiger partial charge on any atom is -0.434 e. The molecule has 0 aliphatic carbocycles. The van der Waals surface area contributed by atoms with Crippen molar-refractivity contribution in [2.45, 2.75) is 13.2 Å². The van der Waals surface area contributed by atoms with E-state index < -0.39 is 6.61 Å². The van der Waals surface area contributed by atoms with Crippen molar-refractivity contribution in [3.63, 3.8) is 0 Å². The van der Waals surface area contributed by atoms with E-state index in [0.29, 0.717) is 31.2 Å². The Balaban J connectivity index is 1.75. The minimum atomic E-state index is -2.90. The molecule has 1 aliphatic heterocycles. The topological polar surface area (TPSA) is 60.6 Å². The molecule has 0 unspecified atom stereocenters. The average molecular weight is 311 g/mol. The Bertz CT molecular complexity index is 615. The molecule has 3 rings (SSSR count). The molecule has 22 heavy (non-hydrogen) atoms. The predicted octanol–water partition coefficient (Wildman–Crippen LogP) is 2.17. The second-order valence-corrected chi connectivity index (χ2v) is 4.77. The maximum atomic E-state index is 12.4. The van der Waals surface area contributed by atoms with E-state index in [1.165, 1.54) is 6.07 Å². The number of ether oxygens (including phenoxy) is 2. The van der Waals surface area contributed by atoms with E-state index in [0.717, 1.165) is 13.1 Å². The highest BCUT2D eigenvalue weighted by Gasteiger charge is 2.18. The molecule has 1 fully saturated rings. The molecule has 0 atom stereocenters. The molecule has 8 heteroatoms. The van der Waals surface area contributed by atoms with Crippen LogP contribution >= 0.6 is 0 Å². The number of para-hydroxylation sites is 1. The standard InChI is InChI=1S/C14H15F2N3O3/c15-14(16)21-11-4-2-1-3-10(11)13-17-12(22-18-13)9-19-5-7-20-8-6-19/h1-4,14H,5-9H2. The average Bonchev–Trinajstić information content (AvgIpc) is 2.96. The Kier molecular flexibility index (Phi) is 4.59. The number of morpholine rings is 1. The maximum Gasteiger partial charge on any atom is 0.387 e. The summed E-state index contributed by atoms with van der Waals surface area (Å²) in [6.07, 6.45) is 0. The van der Waals surface area contributed by atoms with Crippen LogP contribution < -0.4 is 4.74 Å². The Morgan fingerprint density at radius 1 is 1.23 bits per heavy atom. The monoisotopic (exact) mass is 311 g/mol. The number of halogens is 2. The zero-order valence-corrected chi connectivity index (χ0v) is 11.7. The third kappa shape index (κ3) is 3.58. The van der Waals surface area contributed by atoms with Gasteiger partial charge < -0.3 is 14.0 Å². The van der Waals surface area contributed by atoms with Crippen molar-refractivity contribution in [3.05, 3.63) is 30.2 Å². The van der Waals surface area contributed by atoms with Gasteiger partial charge in [0, 0.05) is 13.1 Å².